The van der Waals surface area contributed by atoms with E-state index in [4.69, 9.17) is 9.15 Å². The molecule has 3 rings (SSSR count). The van der Waals surface area contributed by atoms with Gasteiger partial charge in [0.1, 0.15) is 5.58 Å². The molecule has 0 bridgehead atoms. The summed E-state index contributed by atoms with van der Waals surface area (Å²) in [6.45, 7) is 2.70. The molecule has 0 radical (unpaired) electrons. The van der Waals surface area contributed by atoms with Crippen LogP contribution in [0.25, 0.3) is 22.3 Å². The van der Waals surface area contributed by atoms with Crippen LogP contribution in [0.4, 0.5) is 0 Å². The molecule has 0 fully saturated rings. The first kappa shape index (κ1) is 16.3. The Kier molecular flexibility index (Phi) is 5.32. The van der Waals surface area contributed by atoms with E-state index in [1.807, 2.05) is 48.5 Å². The highest BCUT2D eigenvalue weighted by molar-refractivity contribution is 5.81. The zero-order chi connectivity index (χ0) is 16.8. The second-order valence-electron chi connectivity index (χ2n) is 5.86. The molecule has 0 amide bonds. The van der Waals surface area contributed by atoms with Crippen LogP contribution in [0.1, 0.15) is 32.6 Å². The molecule has 0 atom stereocenters. The van der Waals surface area contributed by atoms with Crippen molar-refractivity contribution in [1.82, 2.24) is 0 Å². The highest BCUT2D eigenvalue weighted by Crippen LogP contribution is 2.30. The minimum Gasteiger partial charge on any atom is -0.486 e. The van der Waals surface area contributed by atoms with E-state index in [1.165, 1.54) is 12.8 Å². The second kappa shape index (κ2) is 7.82. The van der Waals surface area contributed by atoms with Crippen molar-refractivity contribution in [2.24, 2.45) is 0 Å². The second-order valence-corrected chi connectivity index (χ2v) is 5.86. The van der Waals surface area contributed by atoms with Crippen LogP contribution >= 0.6 is 0 Å². The van der Waals surface area contributed by atoms with Gasteiger partial charge in [-0.05, 0) is 18.6 Å². The van der Waals surface area contributed by atoms with Gasteiger partial charge in [-0.1, -0.05) is 68.7 Å². The minimum atomic E-state index is -0.105. The Labute approximate surface area is 141 Å². The van der Waals surface area contributed by atoms with Gasteiger partial charge in [0.15, 0.2) is 5.76 Å². The van der Waals surface area contributed by atoms with Crippen molar-refractivity contribution in [3.63, 3.8) is 0 Å². The minimum absolute atomic E-state index is 0.105. The summed E-state index contributed by atoms with van der Waals surface area (Å²) in [4.78, 5) is 12.9. The molecular weight excluding hydrogens is 300 g/mol. The van der Waals surface area contributed by atoms with Crippen LogP contribution < -0.4 is 10.2 Å². The monoisotopic (exact) mass is 322 g/mol. The summed E-state index contributed by atoms with van der Waals surface area (Å²) in [6.07, 6.45) is 4.40. The highest BCUT2D eigenvalue weighted by atomic mass is 16.5. The molecule has 1 aromatic heterocycles. The van der Waals surface area contributed by atoms with Crippen molar-refractivity contribution >= 4 is 11.0 Å². The molecule has 124 valence electrons. The maximum atomic E-state index is 12.9. The Morgan fingerprint density at radius 3 is 2.46 bits per heavy atom. The lowest BCUT2D eigenvalue weighted by Gasteiger charge is -2.11. The summed E-state index contributed by atoms with van der Waals surface area (Å²) in [5.74, 6) is 0.825. The number of benzene rings is 2. The maximum absolute atomic E-state index is 12.9. The molecule has 0 unspecified atom stereocenters. The molecule has 0 aliphatic carbocycles. The molecule has 0 saturated carbocycles. The molecule has 3 heteroatoms. The van der Waals surface area contributed by atoms with Crippen LogP contribution in [-0.4, -0.2) is 6.61 Å². The van der Waals surface area contributed by atoms with Gasteiger partial charge in [-0.25, -0.2) is 0 Å². The molecule has 1 heterocycles. The molecular formula is C21H22O3. The molecule has 0 spiro atoms. The lowest BCUT2D eigenvalue weighted by molar-refractivity contribution is 0.297. The smallest absolute Gasteiger partial charge is 0.235 e. The largest absolute Gasteiger partial charge is 0.486 e. The van der Waals surface area contributed by atoms with Crippen LogP contribution in [0.2, 0.25) is 0 Å². The Bertz CT molecular complexity index is 850. The van der Waals surface area contributed by atoms with E-state index in [1.54, 1.807) is 6.07 Å². The Morgan fingerprint density at radius 2 is 1.67 bits per heavy atom. The van der Waals surface area contributed by atoms with Crippen molar-refractivity contribution in [3.05, 3.63) is 64.8 Å². The van der Waals surface area contributed by atoms with Crippen LogP contribution in [-0.2, 0) is 0 Å². The van der Waals surface area contributed by atoms with E-state index in [2.05, 4.69) is 6.92 Å². The summed E-state index contributed by atoms with van der Waals surface area (Å²) >= 11 is 0. The Balaban J connectivity index is 2.00. The lowest BCUT2D eigenvalue weighted by Crippen LogP contribution is -2.11. The standard InChI is InChI=1S/C21H22O3/c1-2-3-4-10-15-23-21-19(22)17-13-8-9-14-18(17)24-20(21)16-11-6-5-7-12-16/h5-9,11-14H,2-4,10,15H2,1H3. The van der Waals surface area contributed by atoms with Crippen LogP contribution in [0.3, 0.4) is 0 Å². The number of para-hydroxylation sites is 1. The van der Waals surface area contributed by atoms with E-state index >= 15 is 0 Å². The first-order valence-electron chi connectivity index (χ1n) is 8.55. The van der Waals surface area contributed by atoms with E-state index < -0.39 is 0 Å². The fraction of sp³-hybridized carbons (Fsp3) is 0.286. The third kappa shape index (κ3) is 3.51. The topological polar surface area (TPSA) is 39.4 Å². The summed E-state index contributed by atoms with van der Waals surface area (Å²) in [5, 5.41) is 0.556. The summed E-state index contributed by atoms with van der Waals surface area (Å²) in [6, 6.07) is 16.9. The zero-order valence-electron chi connectivity index (χ0n) is 14.0. The highest BCUT2D eigenvalue weighted by Gasteiger charge is 2.17. The van der Waals surface area contributed by atoms with E-state index in [9.17, 15) is 4.79 Å². The number of unbranched alkanes of at least 4 members (excludes halogenated alkanes) is 3. The predicted octanol–water partition coefficient (Wildman–Crippen LogP) is 5.42. The van der Waals surface area contributed by atoms with E-state index in [0.29, 0.717) is 29.1 Å². The van der Waals surface area contributed by atoms with Crippen molar-refractivity contribution < 1.29 is 9.15 Å². The summed E-state index contributed by atoms with van der Waals surface area (Å²) < 4.78 is 11.9. The average Bonchev–Trinajstić information content (AvgIpc) is 2.64. The van der Waals surface area contributed by atoms with Gasteiger partial charge in [0.05, 0.1) is 12.0 Å². The summed E-state index contributed by atoms with van der Waals surface area (Å²) in [7, 11) is 0. The Morgan fingerprint density at radius 1 is 0.917 bits per heavy atom. The van der Waals surface area contributed by atoms with Gasteiger partial charge < -0.3 is 9.15 Å². The number of rotatable bonds is 7. The van der Waals surface area contributed by atoms with Crippen LogP contribution in [0.15, 0.2) is 63.8 Å². The molecule has 0 aliphatic rings. The molecule has 2 aromatic carbocycles. The fourth-order valence-electron chi connectivity index (χ4n) is 2.74. The number of ether oxygens (including phenoxy) is 1. The van der Waals surface area contributed by atoms with Crippen molar-refractivity contribution in [3.8, 4) is 17.1 Å². The predicted molar refractivity (Wildman–Crippen MR) is 97.6 cm³/mol. The third-order valence-corrected chi connectivity index (χ3v) is 4.04. The number of hydrogen-bond donors (Lipinski definition) is 0. The molecule has 24 heavy (non-hydrogen) atoms. The number of fused-ring (bicyclic) bond motifs is 1. The maximum Gasteiger partial charge on any atom is 0.235 e. The van der Waals surface area contributed by atoms with Gasteiger partial charge in [-0.3, -0.25) is 4.79 Å². The van der Waals surface area contributed by atoms with E-state index in [-0.39, 0.29) is 5.43 Å². The zero-order valence-corrected chi connectivity index (χ0v) is 14.0. The lowest BCUT2D eigenvalue weighted by atomic mass is 10.1. The third-order valence-electron chi connectivity index (χ3n) is 4.04. The Hall–Kier alpha value is -2.55. The van der Waals surface area contributed by atoms with Crippen molar-refractivity contribution in [2.75, 3.05) is 6.61 Å². The molecule has 0 N–H and O–H groups in total. The van der Waals surface area contributed by atoms with Gasteiger partial charge in [0, 0.05) is 5.56 Å². The first-order chi connectivity index (χ1) is 11.8. The van der Waals surface area contributed by atoms with Gasteiger partial charge in [0.25, 0.3) is 0 Å². The van der Waals surface area contributed by atoms with Crippen molar-refractivity contribution in [1.29, 1.82) is 0 Å². The van der Waals surface area contributed by atoms with Gasteiger partial charge >= 0.3 is 0 Å². The molecule has 0 aliphatic heterocycles. The van der Waals surface area contributed by atoms with Gasteiger partial charge in [-0.2, -0.15) is 0 Å². The SMILES string of the molecule is CCCCCCOc1c(-c2ccccc2)oc2ccccc2c1=O. The average molecular weight is 322 g/mol. The molecule has 3 aromatic rings. The normalized spacial score (nSPS) is 10.9. The first-order valence-corrected chi connectivity index (χ1v) is 8.55. The number of hydrogen-bond acceptors (Lipinski definition) is 3. The fourth-order valence-corrected chi connectivity index (χ4v) is 2.74. The summed E-state index contributed by atoms with van der Waals surface area (Å²) in [5.41, 5.74) is 1.33. The molecule has 0 saturated heterocycles. The van der Waals surface area contributed by atoms with Crippen LogP contribution in [0, 0.1) is 0 Å². The van der Waals surface area contributed by atoms with Crippen LogP contribution in [0.5, 0.6) is 5.75 Å². The van der Waals surface area contributed by atoms with Crippen molar-refractivity contribution in [2.45, 2.75) is 32.6 Å². The van der Waals surface area contributed by atoms with Gasteiger partial charge in [0.2, 0.25) is 11.2 Å². The van der Waals surface area contributed by atoms with Gasteiger partial charge in [-0.15, -0.1) is 0 Å². The quantitative estimate of drug-likeness (QED) is 0.545. The van der Waals surface area contributed by atoms with E-state index in [0.717, 1.165) is 18.4 Å². The molecule has 3 nitrogen and oxygen atoms in total.